The first-order valence-electron chi connectivity index (χ1n) is 10.6. The standard InChI is InChI=1S/C21H35N3O5S/c1-4-23(5-2)14-12-22-21(25)24-13-6-7-20(17-24)30(26,27)19-10-8-18(9-11-19)29-16-15-28-3/h8-11,20H,4-7,12-17H2,1-3H3,(H,22,25). The van der Waals surface area contributed by atoms with Crippen molar-refractivity contribution in [3.05, 3.63) is 24.3 Å². The largest absolute Gasteiger partial charge is 0.491 e. The number of sulfone groups is 1. The van der Waals surface area contributed by atoms with Crippen LogP contribution >= 0.6 is 0 Å². The summed E-state index contributed by atoms with van der Waals surface area (Å²) in [6, 6.07) is 6.26. The maximum Gasteiger partial charge on any atom is 0.317 e. The van der Waals surface area contributed by atoms with Crippen molar-refractivity contribution in [2.45, 2.75) is 36.8 Å². The van der Waals surface area contributed by atoms with Crippen molar-refractivity contribution in [3.63, 3.8) is 0 Å². The number of methoxy groups -OCH3 is 1. The fourth-order valence-electron chi connectivity index (χ4n) is 3.51. The van der Waals surface area contributed by atoms with Crippen LogP contribution in [0.1, 0.15) is 26.7 Å². The molecule has 1 fully saturated rings. The van der Waals surface area contributed by atoms with Crippen LogP contribution < -0.4 is 10.1 Å². The van der Waals surface area contributed by atoms with Crippen LogP contribution in [0, 0.1) is 0 Å². The van der Waals surface area contributed by atoms with Crippen LogP contribution in [-0.2, 0) is 14.6 Å². The van der Waals surface area contributed by atoms with Crippen LogP contribution in [0.5, 0.6) is 5.75 Å². The van der Waals surface area contributed by atoms with Crippen LogP contribution in [-0.4, -0.2) is 89.1 Å². The highest BCUT2D eigenvalue weighted by Gasteiger charge is 2.33. The lowest BCUT2D eigenvalue weighted by Crippen LogP contribution is -2.50. The van der Waals surface area contributed by atoms with Gasteiger partial charge in [-0.1, -0.05) is 13.8 Å². The molecule has 1 saturated heterocycles. The molecule has 30 heavy (non-hydrogen) atoms. The van der Waals surface area contributed by atoms with E-state index in [4.69, 9.17) is 9.47 Å². The molecule has 0 radical (unpaired) electrons. The van der Waals surface area contributed by atoms with Crippen LogP contribution in [0.4, 0.5) is 4.79 Å². The second-order valence-corrected chi connectivity index (χ2v) is 9.55. The van der Waals surface area contributed by atoms with Crippen molar-refractivity contribution in [2.24, 2.45) is 0 Å². The van der Waals surface area contributed by atoms with E-state index in [9.17, 15) is 13.2 Å². The lowest BCUT2D eigenvalue weighted by Gasteiger charge is -2.32. The van der Waals surface area contributed by atoms with E-state index in [0.717, 1.165) is 19.6 Å². The topological polar surface area (TPSA) is 88.2 Å². The fourth-order valence-corrected chi connectivity index (χ4v) is 5.26. The molecule has 0 saturated carbocycles. The molecule has 1 N–H and O–H groups in total. The average molecular weight is 442 g/mol. The summed E-state index contributed by atoms with van der Waals surface area (Å²) >= 11 is 0. The Morgan fingerprint density at radius 1 is 1.20 bits per heavy atom. The van der Waals surface area contributed by atoms with Crippen molar-refractivity contribution < 1.29 is 22.7 Å². The highest BCUT2D eigenvalue weighted by molar-refractivity contribution is 7.92. The number of likely N-dealkylation sites (N-methyl/N-ethyl adjacent to an activating group) is 1. The maximum atomic E-state index is 13.1. The number of hydrogen-bond donors (Lipinski definition) is 1. The molecule has 2 amide bonds. The Morgan fingerprint density at radius 3 is 2.53 bits per heavy atom. The Kier molecular flexibility index (Phi) is 9.87. The number of urea groups is 1. The molecular formula is C21H35N3O5S. The van der Waals surface area contributed by atoms with Crippen LogP contribution in [0.15, 0.2) is 29.2 Å². The number of likely N-dealkylation sites (tertiary alicyclic amines) is 1. The third-order valence-electron chi connectivity index (χ3n) is 5.41. The summed E-state index contributed by atoms with van der Waals surface area (Å²) in [5.41, 5.74) is 0. The first-order chi connectivity index (χ1) is 14.4. The van der Waals surface area contributed by atoms with Crippen molar-refractivity contribution in [1.29, 1.82) is 0 Å². The van der Waals surface area contributed by atoms with Gasteiger partial charge in [-0.3, -0.25) is 0 Å². The molecule has 9 heteroatoms. The van der Waals surface area contributed by atoms with E-state index in [1.165, 1.54) is 0 Å². The van der Waals surface area contributed by atoms with Crippen LogP contribution in [0.3, 0.4) is 0 Å². The van der Waals surface area contributed by atoms with Crippen molar-refractivity contribution in [1.82, 2.24) is 15.1 Å². The van der Waals surface area contributed by atoms with E-state index in [0.29, 0.717) is 44.9 Å². The monoisotopic (exact) mass is 441 g/mol. The van der Waals surface area contributed by atoms with Crippen molar-refractivity contribution in [3.8, 4) is 5.75 Å². The number of ether oxygens (including phenoxy) is 2. The Hall–Kier alpha value is -1.84. The number of carbonyl (C=O) groups excluding carboxylic acids is 1. The number of nitrogens with one attached hydrogen (secondary N) is 1. The van der Waals surface area contributed by atoms with Crippen molar-refractivity contribution >= 4 is 15.9 Å². The van der Waals surface area contributed by atoms with Gasteiger partial charge in [0.2, 0.25) is 0 Å². The summed E-state index contributed by atoms with van der Waals surface area (Å²) in [7, 11) is -1.93. The number of amides is 2. The zero-order valence-electron chi connectivity index (χ0n) is 18.3. The average Bonchev–Trinajstić information content (AvgIpc) is 2.77. The molecule has 0 bridgehead atoms. The summed E-state index contributed by atoms with van der Waals surface area (Å²) < 4.78 is 36.6. The molecule has 170 valence electrons. The summed E-state index contributed by atoms with van der Waals surface area (Å²) in [6.45, 7) is 9.05. The second-order valence-electron chi connectivity index (χ2n) is 7.33. The normalized spacial score (nSPS) is 17.2. The lowest BCUT2D eigenvalue weighted by molar-refractivity contribution is 0.146. The molecule has 2 rings (SSSR count). The zero-order valence-corrected chi connectivity index (χ0v) is 19.1. The molecule has 0 aliphatic carbocycles. The molecule has 1 atom stereocenters. The summed E-state index contributed by atoms with van der Waals surface area (Å²) in [5.74, 6) is 0.601. The third-order valence-corrected chi connectivity index (χ3v) is 7.60. The van der Waals surface area contributed by atoms with E-state index < -0.39 is 15.1 Å². The van der Waals surface area contributed by atoms with Gasteiger partial charge < -0.3 is 24.6 Å². The predicted molar refractivity (Wildman–Crippen MR) is 117 cm³/mol. The van der Waals surface area contributed by atoms with E-state index in [1.807, 2.05) is 0 Å². The minimum absolute atomic E-state index is 0.191. The number of piperidine rings is 1. The van der Waals surface area contributed by atoms with Gasteiger partial charge in [-0.05, 0) is 50.2 Å². The Morgan fingerprint density at radius 2 is 1.90 bits per heavy atom. The SMILES string of the molecule is CCN(CC)CCNC(=O)N1CCCC(S(=O)(=O)c2ccc(OCCOC)cc2)C1. The minimum Gasteiger partial charge on any atom is -0.491 e. The van der Waals surface area contributed by atoms with Crippen molar-refractivity contribution in [2.75, 3.05) is 59.6 Å². The lowest BCUT2D eigenvalue weighted by atomic mass is 10.1. The van der Waals surface area contributed by atoms with E-state index in [1.54, 1.807) is 36.3 Å². The van der Waals surface area contributed by atoms with Crippen LogP contribution in [0.25, 0.3) is 0 Å². The molecule has 1 aliphatic heterocycles. The van der Waals surface area contributed by atoms with Gasteiger partial charge in [0.25, 0.3) is 0 Å². The number of nitrogens with zero attached hydrogens (tertiary/aromatic N) is 2. The maximum absolute atomic E-state index is 13.1. The van der Waals surface area contributed by atoms with Gasteiger partial charge in [0.1, 0.15) is 12.4 Å². The zero-order chi connectivity index (χ0) is 22.0. The Labute approximate surface area is 180 Å². The summed E-state index contributed by atoms with van der Waals surface area (Å²) in [6.07, 6.45) is 1.23. The van der Waals surface area contributed by atoms with Gasteiger partial charge in [-0.25, -0.2) is 13.2 Å². The smallest absolute Gasteiger partial charge is 0.317 e. The highest BCUT2D eigenvalue weighted by atomic mass is 32.2. The quantitative estimate of drug-likeness (QED) is 0.529. The molecule has 1 unspecified atom stereocenters. The van der Waals surface area contributed by atoms with E-state index in [-0.39, 0.29) is 17.5 Å². The third kappa shape index (κ3) is 6.85. The minimum atomic E-state index is -3.52. The molecular weight excluding hydrogens is 406 g/mol. The molecule has 1 heterocycles. The summed E-state index contributed by atoms with van der Waals surface area (Å²) in [5, 5.41) is 2.32. The molecule has 8 nitrogen and oxygen atoms in total. The van der Waals surface area contributed by atoms with Gasteiger partial charge in [0.15, 0.2) is 9.84 Å². The van der Waals surface area contributed by atoms with Gasteiger partial charge in [-0.15, -0.1) is 0 Å². The molecule has 0 spiro atoms. The molecule has 0 aromatic heterocycles. The number of rotatable bonds is 11. The number of hydrogen-bond acceptors (Lipinski definition) is 6. The predicted octanol–water partition coefficient (Wildman–Crippen LogP) is 2.00. The van der Waals surface area contributed by atoms with Gasteiger partial charge in [-0.2, -0.15) is 0 Å². The Bertz CT molecular complexity index is 750. The van der Waals surface area contributed by atoms with Gasteiger partial charge in [0.05, 0.1) is 16.8 Å². The van der Waals surface area contributed by atoms with E-state index in [2.05, 4.69) is 24.1 Å². The highest BCUT2D eigenvalue weighted by Crippen LogP contribution is 2.25. The first kappa shape index (κ1) is 24.4. The summed E-state index contributed by atoms with van der Waals surface area (Å²) in [4.78, 5) is 16.6. The fraction of sp³-hybridized carbons (Fsp3) is 0.667. The molecule has 1 aromatic rings. The van der Waals surface area contributed by atoms with Crippen LogP contribution in [0.2, 0.25) is 0 Å². The van der Waals surface area contributed by atoms with Gasteiger partial charge in [0, 0.05) is 33.3 Å². The number of benzene rings is 1. The molecule has 1 aliphatic rings. The number of carbonyl (C=O) groups is 1. The Balaban J connectivity index is 1.93. The molecule has 1 aromatic carbocycles. The van der Waals surface area contributed by atoms with Gasteiger partial charge >= 0.3 is 6.03 Å². The van der Waals surface area contributed by atoms with E-state index >= 15 is 0 Å². The first-order valence-corrected chi connectivity index (χ1v) is 12.2. The second kappa shape index (κ2) is 12.1.